The molecule has 28 heavy (non-hydrogen) atoms. The van der Waals surface area contributed by atoms with Gasteiger partial charge in [0.1, 0.15) is 5.82 Å². The maximum atomic E-state index is 12.6. The molecular formula is C22H22N4O2. The first-order valence-electron chi connectivity index (χ1n) is 9.45. The van der Waals surface area contributed by atoms with Gasteiger partial charge >= 0.3 is 0 Å². The quantitative estimate of drug-likeness (QED) is 0.715. The number of hydrogen-bond donors (Lipinski definition) is 2. The van der Waals surface area contributed by atoms with Crippen molar-refractivity contribution in [3.63, 3.8) is 0 Å². The van der Waals surface area contributed by atoms with Gasteiger partial charge in [0.25, 0.3) is 0 Å². The molecule has 2 aromatic carbocycles. The summed E-state index contributed by atoms with van der Waals surface area (Å²) in [5, 5.41) is 10.3. The van der Waals surface area contributed by atoms with Crippen molar-refractivity contribution in [3.8, 4) is 11.1 Å². The van der Waals surface area contributed by atoms with Crippen LogP contribution in [0.15, 0.2) is 60.8 Å². The summed E-state index contributed by atoms with van der Waals surface area (Å²) >= 11 is 0. The largest absolute Gasteiger partial charge is 0.326 e. The van der Waals surface area contributed by atoms with Crippen LogP contribution in [0.2, 0.25) is 0 Å². The van der Waals surface area contributed by atoms with E-state index in [1.807, 2.05) is 61.5 Å². The van der Waals surface area contributed by atoms with Crippen molar-refractivity contribution < 1.29 is 9.59 Å². The molecule has 1 aromatic heterocycles. The van der Waals surface area contributed by atoms with E-state index in [0.717, 1.165) is 28.8 Å². The lowest BCUT2D eigenvalue weighted by molar-refractivity contribution is -0.125. The number of benzene rings is 2. The van der Waals surface area contributed by atoms with Crippen LogP contribution < -0.4 is 10.6 Å². The highest BCUT2D eigenvalue weighted by Gasteiger charge is 2.30. The average molecular weight is 374 g/mol. The Morgan fingerprint density at radius 1 is 1.18 bits per heavy atom. The van der Waals surface area contributed by atoms with E-state index in [2.05, 4.69) is 15.7 Å². The zero-order chi connectivity index (χ0) is 19.5. The summed E-state index contributed by atoms with van der Waals surface area (Å²) in [7, 11) is 0. The van der Waals surface area contributed by atoms with E-state index in [-0.39, 0.29) is 18.2 Å². The molecule has 0 saturated carbocycles. The van der Waals surface area contributed by atoms with Crippen LogP contribution in [0.5, 0.6) is 0 Å². The summed E-state index contributed by atoms with van der Waals surface area (Å²) in [6.07, 6.45) is 2.70. The van der Waals surface area contributed by atoms with Crippen LogP contribution in [-0.4, -0.2) is 21.6 Å². The molecule has 0 fully saturated rings. The van der Waals surface area contributed by atoms with E-state index in [4.69, 9.17) is 0 Å². The number of para-hydroxylation sites is 1. The van der Waals surface area contributed by atoms with E-state index in [9.17, 15) is 9.59 Å². The molecule has 1 atom stereocenters. The minimum absolute atomic E-state index is 0.115. The molecule has 0 aliphatic carbocycles. The summed E-state index contributed by atoms with van der Waals surface area (Å²) in [5.41, 5.74) is 3.76. The molecule has 2 heterocycles. The number of fused-ring (bicyclic) bond motifs is 1. The van der Waals surface area contributed by atoms with E-state index in [0.29, 0.717) is 12.4 Å². The maximum absolute atomic E-state index is 12.6. The minimum Gasteiger partial charge on any atom is -0.326 e. The fraction of sp³-hybridized carbons (Fsp3) is 0.227. The third kappa shape index (κ3) is 3.53. The zero-order valence-corrected chi connectivity index (χ0v) is 15.7. The highest BCUT2D eigenvalue weighted by molar-refractivity contribution is 6.00. The summed E-state index contributed by atoms with van der Waals surface area (Å²) in [6.45, 7) is 2.43. The van der Waals surface area contributed by atoms with E-state index < -0.39 is 5.92 Å². The summed E-state index contributed by atoms with van der Waals surface area (Å²) in [4.78, 5) is 25.1. The highest BCUT2D eigenvalue weighted by atomic mass is 16.2. The second-order valence-electron chi connectivity index (χ2n) is 6.90. The average Bonchev–Trinajstić information content (AvgIpc) is 3.12. The van der Waals surface area contributed by atoms with Crippen LogP contribution in [-0.2, 0) is 22.6 Å². The van der Waals surface area contributed by atoms with Crippen molar-refractivity contribution >= 4 is 23.3 Å². The molecule has 0 radical (unpaired) electrons. The highest BCUT2D eigenvalue weighted by Crippen LogP contribution is 2.32. The van der Waals surface area contributed by atoms with Crippen LogP contribution in [0, 0.1) is 5.92 Å². The van der Waals surface area contributed by atoms with Gasteiger partial charge in [0.15, 0.2) is 0 Å². The van der Waals surface area contributed by atoms with Crippen LogP contribution in [0.1, 0.15) is 18.9 Å². The molecule has 6 nitrogen and oxygen atoms in total. The molecule has 0 saturated heterocycles. The Morgan fingerprint density at radius 3 is 2.71 bits per heavy atom. The molecule has 0 unspecified atom stereocenters. The third-order valence-electron chi connectivity index (χ3n) is 5.03. The number of carbonyl (C=O) groups excluding carboxylic acids is 2. The number of amides is 2. The Hall–Kier alpha value is -3.41. The van der Waals surface area contributed by atoms with Crippen LogP contribution in [0.3, 0.4) is 0 Å². The first-order chi connectivity index (χ1) is 13.7. The molecule has 0 spiro atoms. The minimum atomic E-state index is -0.454. The number of nitrogens with zero attached hydrogens (tertiary/aromatic N) is 2. The fourth-order valence-corrected chi connectivity index (χ4v) is 3.53. The predicted molar refractivity (Wildman–Crippen MR) is 109 cm³/mol. The molecule has 4 rings (SSSR count). The van der Waals surface area contributed by atoms with Gasteiger partial charge < -0.3 is 10.6 Å². The number of anilines is 2. The number of carbonyl (C=O) groups is 2. The van der Waals surface area contributed by atoms with Gasteiger partial charge in [-0.05, 0) is 23.6 Å². The van der Waals surface area contributed by atoms with Gasteiger partial charge in [-0.1, -0.05) is 55.5 Å². The third-order valence-corrected chi connectivity index (χ3v) is 5.03. The Balaban J connectivity index is 1.47. The second-order valence-corrected chi connectivity index (χ2v) is 6.90. The molecule has 1 aliphatic rings. The molecule has 2 N–H and O–H groups in total. The lowest BCUT2D eigenvalue weighted by Gasteiger charge is -2.24. The number of nitrogens with one attached hydrogen (secondary N) is 2. The van der Waals surface area contributed by atoms with Gasteiger partial charge in [0, 0.05) is 17.7 Å². The Kier molecular flexibility index (Phi) is 4.93. The summed E-state index contributed by atoms with van der Waals surface area (Å²) in [5.74, 6) is -0.0851. The Labute approximate surface area is 163 Å². The summed E-state index contributed by atoms with van der Waals surface area (Å²) < 4.78 is 1.77. The molecule has 1 aliphatic heterocycles. The second kappa shape index (κ2) is 7.68. The number of rotatable bonds is 5. The maximum Gasteiger partial charge on any atom is 0.231 e. The molecule has 3 aromatic rings. The monoisotopic (exact) mass is 374 g/mol. The molecule has 6 heteroatoms. The van der Waals surface area contributed by atoms with Gasteiger partial charge in [-0.15, -0.1) is 0 Å². The van der Waals surface area contributed by atoms with Crippen LogP contribution in [0.25, 0.3) is 11.1 Å². The van der Waals surface area contributed by atoms with E-state index >= 15 is 0 Å². The number of aromatic nitrogens is 2. The van der Waals surface area contributed by atoms with Gasteiger partial charge in [0.2, 0.25) is 11.8 Å². The fourth-order valence-electron chi connectivity index (χ4n) is 3.53. The first-order valence-corrected chi connectivity index (χ1v) is 9.45. The normalized spacial score (nSPS) is 15.6. The Bertz CT molecular complexity index is 1010. The molecule has 2 amide bonds. The standard InChI is InChI=1S/C22H22N4O2/c1-2-15-8-6-7-11-19(15)24-20(27)12-17-14-26-21(25-22(17)28)18(13-23-26)16-9-4-3-5-10-16/h3-11,13,17H,2,12,14H2,1H3,(H,24,27)(H,25,28)/t17-/m1/s1. The van der Waals surface area contributed by atoms with Gasteiger partial charge in [-0.3, -0.25) is 9.59 Å². The van der Waals surface area contributed by atoms with Crippen molar-refractivity contribution in [2.45, 2.75) is 26.3 Å². The van der Waals surface area contributed by atoms with E-state index in [1.165, 1.54) is 0 Å². The molecule has 0 bridgehead atoms. The summed E-state index contributed by atoms with van der Waals surface area (Å²) in [6, 6.07) is 17.5. The van der Waals surface area contributed by atoms with E-state index in [1.54, 1.807) is 10.9 Å². The van der Waals surface area contributed by atoms with Crippen molar-refractivity contribution in [1.29, 1.82) is 0 Å². The van der Waals surface area contributed by atoms with Crippen molar-refractivity contribution in [2.24, 2.45) is 5.92 Å². The van der Waals surface area contributed by atoms with Crippen molar-refractivity contribution in [1.82, 2.24) is 9.78 Å². The lowest BCUT2D eigenvalue weighted by atomic mass is 10.0. The smallest absolute Gasteiger partial charge is 0.231 e. The zero-order valence-electron chi connectivity index (χ0n) is 15.7. The number of aryl methyl sites for hydroxylation is 1. The predicted octanol–water partition coefficient (Wildman–Crippen LogP) is 3.71. The van der Waals surface area contributed by atoms with Crippen LogP contribution >= 0.6 is 0 Å². The number of hydrogen-bond acceptors (Lipinski definition) is 3. The van der Waals surface area contributed by atoms with Crippen molar-refractivity contribution in [3.05, 3.63) is 66.4 Å². The lowest BCUT2D eigenvalue weighted by Crippen LogP contribution is -2.36. The molecule has 142 valence electrons. The Morgan fingerprint density at radius 2 is 1.93 bits per heavy atom. The first kappa shape index (κ1) is 18.0. The SMILES string of the molecule is CCc1ccccc1NC(=O)C[C@@H]1Cn2ncc(-c3ccccc3)c2NC1=O. The van der Waals surface area contributed by atoms with Crippen molar-refractivity contribution in [2.75, 3.05) is 10.6 Å². The van der Waals surface area contributed by atoms with Gasteiger partial charge in [-0.25, -0.2) is 4.68 Å². The van der Waals surface area contributed by atoms with Gasteiger partial charge in [0.05, 0.1) is 18.7 Å². The van der Waals surface area contributed by atoms with Crippen LogP contribution in [0.4, 0.5) is 11.5 Å². The van der Waals surface area contributed by atoms with Gasteiger partial charge in [-0.2, -0.15) is 5.10 Å². The topological polar surface area (TPSA) is 76.0 Å². The molecular weight excluding hydrogens is 352 g/mol.